The third-order valence-corrected chi connectivity index (χ3v) is 4.90. The van der Waals surface area contributed by atoms with Crippen molar-refractivity contribution >= 4 is 15.7 Å². The summed E-state index contributed by atoms with van der Waals surface area (Å²) in [7, 11) is -1.43. The number of hydrogen-bond acceptors (Lipinski definition) is 3. The average Bonchev–Trinajstić information content (AvgIpc) is 2.38. The minimum Gasteiger partial charge on any atom is -0.370 e. The van der Waals surface area contributed by atoms with Gasteiger partial charge in [0.1, 0.15) is 0 Å². The molecule has 1 aromatic rings. The number of rotatable bonds is 3. The summed E-state index contributed by atoms with van der Waals surface area (Å²) >= 11 is 0. The van der Waals surface area contributed by atoms with E-state index >= 15 is 0 Å². The van der Waals surface area contributed by atoms with Crippen LogP contribution in [0.15, 0.2) is 30.3 Å². The lowest BCUT2D eigenvalue weighted by atomic mass is 10.1. The topological polar surface area (TPSA) is 40.6 Å². The molecule has 0 aliphatic carbocycles. The summed E-state index contributed by atoms with van der Waals surface area (Å²) in [5.74, 6) is 0. The fourth-order valence-corrected chi connectivity index (χ4v) is 3.11. The number of para-hydroxylation sites is 1. The maximum absolute atomic E-state index is 11.6. The normalized spacial score (nSPS) is 21.3. The lowest BCUT2D eigenvalue weighted by molar-refractivity contribution is 0.322. The van der Waals surface area contributed by atoms with Crippen molar-refractivity contribution in [1.29, 1.82) is 0 Å². The Balaban J connectivity index is 2.10. The van der Waals surface area contributed by atoms with Gasteiger partial charge in [0.25, 0.3) is 0 Å². The van der Waals surface area contributed by atoms with Gasteiger partial charge in [-0.05, 0) is 25.0 Å². The Labute approximate surface area is 109 Å². The summed E-state index contributed by atoms with van der Waals surface area (Å²) in [6.45, 7) is 1.77. The highest BCUT2D eigenvalue weighted by atomic mass is 32.2. The van der Waals surface area contributed by atoms with Gasteiger partial charge in [0, 0.05) is 31.9 Å². The SMILES string of the molecule is CN([C@@H]1CCCN(c2ccccc2)C1)S(C)(=O)=O. The van der Waals surface area contributed by atoms with Crippen molar-refractivity contribution in [3.05, 3.63) is 30.3 Å². The molecule has 5 heteroatoms. The minimum atomic E-state index is -3.10. The molecule has 0 amide bonds. The van der Waals surface area contributed by atoms with Gasteiger partial charge in [-0.1, -0.05) is 18.2 Å². The van der Waals surface area contributed by atoms with Crippen LogP contribution in [0.25, 0.3) is 0 Å². The number of nitrogens with zero attached hydrogens (tertiary/aromatic N) is 2. The molecule has 0 spiro atoms. The average molecular weight is 268 g/mol. The summed E-state index contributed by atoms with van der Waals surface area (Å²) in [6.07, 6.45) is 3.24. The van der Waals surface area contributed by atoms with E-state index in [9.17, 15) is 8.42 Å². The summed E-state index contributed by atoms with van der Waals surface area (Å²) in [4.78, 5) is 2.26. The van der Waals surface area contributed by atoms with Crippen molar-refractivity contribution in [2.24, 2.45) is 0 Å². The molecule has 0 N–H and O–H groups in total. The van der Waals surface area contributed by atoms with Crippen molar-refractivity contribution in [2.45, 2.75) is 18.9 Å². The molecule has 1 aromatic carbocycles. The first-order chi connectivity index (χ1) is 8.48. The number of anilines is 1. The molecular formula is C13H20N2O2S. The summed E-state index contributed by atoms with van der Waals surface area (Å²) in [5.41, 5.74) is 1.17. The van der Waals surface area contributed by atoms with Gasteiger partial charge < -0.3 is 4.90 Å². The van der Waals surface area contributed by atoms with Gasteiger partial charge in [0.05, 0.1) is 6.26 Å². The molecule has 1 aliphatic rings. The molecule has 1 heterocycles. The highest BCUT2D eigenvalue weighted by Gasteiger charge is 2.27. The van der Waals surface area contributed by atoms with Crippen LogP contribution < -0.4 is 4.90 Å². The first kappa shape index (κ1) is 13.4. The fourth-order valence-electron chi connectivity index (χ4n) is 2.40. The van der Waals surface area contributed by atoms with Gasteiger partial charge in [-0.25, -0.2) is 12.7 Å². The second kappa shape index (κ2) is 5.28. The van der Waals surface area contributed by atoms with E-state index in [4.69, 9.17) is 0 Å². The number of benzene rings is 1. The highest BCUT2D eigenvalue weighted by Crippen LogP contribution is 2.22. The molecule has 2 rings (SSSR count). The van der Waals surface area contributed by atoms with Gasteiger partial charge >= 0.3 is 0 Å². The Morgan fingerprint density at radius 2 is 1.94 bits per heavy atom. The Kier molecular flexibility index (Phi) is 3.92. The van der Waals surface area contributed by atoms with E-state index in [0.717, 1.165) is 25.9 Å². The molecule has 0 unspecified atom stereocenters. The molecule has 0 radical (unpaired) electrons. The fraction of sp³-hybridized carbons (Fsp3) is 0.538. The predicted octanol–water partition coefficient (Wildman–Crippen LogP) is 1.55. The van der Waals surface area contributed by atoms with E-state index < -0.39 is 10.0 Å². The molecule has 0 bridgehead atoms. The van der Waals surface area contributed by atoms with Gasteiger partial charge in [-0.3, -0.25) is 0 Å². The van der Waals surface area contributed by atoms with Gasteiger partial charge in [-0.15, -0.1) is 0 Å². The van der Waals surface area contributed by atoms with Crippen molar-refractivity contribution < 1.29 is 8.42 Å². The van der Waals surface area contributed by atoms with E-state index in [1.165, 1.54) is 16.2 Å². The molecule has 0 saturated carbocycles. The van der Waals surface area contributed by atoms with E-state index in [2.05, 4.69) is 17.0 Å². The second-order valence-corrected chi connectivity index (χ2v) is 6.90. The molecule has 1 atom stereocenters. The molecule has 0 aromatic heterocycles. The maximum atomic E-state index is 11.6. The van der Waals surface area contributed by atoms with Crippen LogP contribution in [0.4, 0.5) is 5.69 Å². The van der Waals surface area contributed by atoms with Crippen molar-refractivity contribution in [2.75, 3.05) is 31.3 Å². The number of hydrogen-bond donors (Lipinski definition) is 0. The maximum Gasteiger partial charge on any atom is 0.211 e. The largest absolute Gasteiger partial charge is 0.370 e. The van der Waals surface area contributed by atoms with E-state index in [1.807, 2.05) is 18.2 Å². The molecule has 1 fully saturated rings. The zero-order valence-corrected chi connectivity index (χ0v) is 11.7. The number of piperidine rings is 1. The third kappa shape index (κ3) is 3.03. The quantitative estimate of drug-likeness (QED) is 0.835. The Bertz CT molecular complexity index is 487. The summed E-state index contributed by atoms with van der Waals surface area (Å²) in [5, 5.41) is 0. The lowest BCUT2D eigenvalue weighted by Crippen LogP contribution is -2.48. The number of sulfonamides is 1. The summed E-state index contributed by atoms with van der Waals surface area (Å²) in [6, 6.07) is 10.2. The second-order valence-electron chi connectivity index (χ2n) is 4.86. The van der Waals surface area contributed by atoms with Crippen LogP contribution in [0.1, 0.15) is 12.8 Å². The zero-order chi connectivity index (χ0) is 13.2. The van der Waals surface area contributed by atoms with Gasteiger partial charge in [0.15, 0.2) is 0 Å². The minimum absolute atomic E-state index is 0.0777. The summed E-state index contributed by atoms with van der Waals surface area (Å²) < 4.78 is 24.7. The van der Waals surface area contributed by atoms with Gasteiger partial charge in [-0.2, -0.15) is 0 Å². The lowest BCUT2D eigenvalue weighted by Gasteiger charge is -2.37. The standard InChI is InChI=1S/C13H20N2O2S/c1-14(18(2,16)17)13-9-6-10-15(11-13)12-7-4-3-5-8-12/h3-5,7-8,13H,6,9-11H2,1-2H3/t13-/m1/s1. The van der Waals surface area contributed by atoms with Crippen LogP contribution in [0.5, 0.6) is 0 Å². The first-order valence-electron chi connectivity index (χ1n) is 6.21. The van der Waals surface area contributed by atoms with Gasteiger partial charge in [0.2, 0.25) is 10.0 Å². The monoisotopic (exact) mass is 268 g/mol. The third-order valence-electron chi connectivity index (χ3n) is 3.56. The Morgan fingerprint density at radius 1 is 1.28 bits per heavy atom. The van der Waals surface area contributed by atoms with Crippen LogP contribution >= 0.6 is 0 Å². The van der Waals surface area contributed by atoms with Crippen molar-refractivity contribution in [3.63, 3.8) is 0 Å². The molecule has 4 nitrogen and oxygen atoms in total. The first-order valence-corrected chi connectivity index (χ1v) is 8.06. The Hall–Kier alpha value is -1.07. The molecule has 18 heavy (non-hydrogen) atoms. The van der Waals surface area contributed by atoms with Crippen LogP contribution in [0.2, 0.25) is 0 Å². The van der Waals surface area contributed by atoms with Crippen molar-refractivity contribution in [1.82, 2.24) is 4.31 Å². The van der Waals surface area contributed by atoms with Crippen LogP contribution in [0, 0.1) is 0 Å². The van der Waals surface area contributed by atoms with Crippen molar-refractivity contribution in [3.8, 4) is 0 Å². The van der Waals surface area contributed by atoms with Crippen LogP contribution in [-0.2, 0) is 10.0 Å². The van der Waals surface area contributed by atoms with E-state index in [0.29, 0.717) is 0 Å². The Morgan fingerprint density at radius 3 is 2.56 bits per heavy atom. The predicted molar refractivity (Wildman–Crippen MR) is 74.3 cm³/mol. The smallest absolute Gasteiger partial charge is 0.211 e. The molecule has 1 aliphatic heterocycles. The zero-order valence-electron chi connectivity index (χ0n) is 10.9. The molecule has 1 saturated heterocycles. The van der Waals surface area contributed by atoms with E-state index in [1.54, 1.807) is 7.05 Å². The van der Waals surface area contributed by atoms with Crippen LogP contribution in [-0.4, -0.2) is 45.2 Å². The highest BCUT2D eigenvalue weighted by molar-refractivity contribution is 7.88. The molecule has 100 valence electrons. The number of likely N-dealkylation sites (N-methyl/N-ethyl adjacent to an activating group) is 1. The van der Waals surface area contributed by atoms with E-state index in [-0.39, 0.29) is 6.04 Å². The van der Waals surface area contributed by atoms with Crippen LogP contribution in [0.3, 0.4) is 0 Å². The molecular weight excluding hydrogens is 248 g/mol.